The van der Waals surface area contributed by atoms with Gasteiger partial charge in [0.25, 0.3) is 0 Å². The number of aliphatic carboxylic acids is 2. The molecule has 48 heavy (non-hydrogen) atoms. The van der Waals surface area contributed by atoms with Crippen LogP contribution in [0.2, 0.25) is 0 Å². The molecule has 1 aliphatic heterocycles. The maximum absolute atomic E-state index is 12.6. The Hall–Kier alpha value is -3.92. The Labute approximate surface area is 285 Å². The lowest BCUT2D eigenvalue weighted by Crippen LogP contribution is -2.48. The Balaban J connectivity index is 1.25. The van der Waals surface area contributed by atoms with Crippen LogP contribution in [-0.4, -0.2) is 115 Å². The highest BCUT2D eigenvalue weighted by atomic mass is 32.2. The van der Waals surface area contributed by atoms with E-state index in [4.69, 9.17) is 16.6 Å². The van der Waals surface area contributed by atoms with Gasteiger partial charge in [-0.25, -0.2) is 4.98 Å². The lowest BCUT2D eigenvalue weighted by atomic mass is 10.0. The minimum Gasteiger partial charge on any atom is -0.481 e. The molecule has 1 aromatic carbocycles. The number of hydrogen-bond donors (Lipinski definition) is 6. The van der Waals surface area contributed by atoms with Gasteiger partial charge in [-0.05, 0) is 36.1 Å². The van der Waals surface area contributed by atoms with Crippen molar-refractivity contribution in [3.63, 3.8) is 0 Å². The number of carbonyl (C=O) groups is 3. The number of hydrogen-bond acceptors (Lipinski definition) is 11. The van der Waals surface area contributed by atoms with Crippen molar-refractivity contribution >= 4 is 52.4 Å². The normalized spacial score (nSPS) is 15.3. The van der Waals surface area contributed by atoms with Crippen molar-refractivity contribution in [1.82, 2.24) is 29.7 Å². The standard InChI is InChI=1S/C33H49N9O5S/c1-3-4-5-9-36-30-29-26(38-33(35)39-30)8-11-42(29)20-24-7-6-23(17-22(24)2)19-41-15-13-40(14-16-41)12-10-37-31(45)27(18-28(43)44)48-21-25(34)32(46)47/h6-8,11,17,25,27H,3-5,9-10,12-16,18-21,34H2,1-2H3,(H,37,45)(H,43,44)(H,46,47)(H3,35,36,38,39)/t25-,27+/m0/s1. The monoisotopic (exact) mass is 683 g/mol. The zero-order chi connectivity index (χ0) is 34.6. The number of carboxylic acids is 2. The van der Waals surface area contributed by atoms with Gasteiger partial charge in [0, 0.05) is 70.9 Å². The number of thioether (sulfide) groups is 1. The van der Waals surface area contributed by atoms with Crippen LogP contribution in [0.25, 0.3) is 11.0 Å². The number of anilines is 2. The minimum absolute atomic E-state index is 0.0433. The van der Waals surface area contributed by atoms with Crippen LogP contribution in [0.4, 0.5) is 11.8 Å². The smallest absolute Gasteiger partial charge is 0.321 e. The number of amides is 1. The molecule has 14 nitrogen and oxygen atoms in total. The van der Waals surface area contributed by atoms with Crippen LogP contribution in [0.15, 0.2) is 30.5 Å². The van der Waals surface area contributed by atoms with Gasteiger partial charge in [-0.15, -0.1) is 11.8 Å². The van der Waals surface area contributed by atoms with E-state index in [1.54, 1.807) is 0 Å². The fourth-order valence-electron chi connectivity index (χ4n) is 5.74. The summed E-state index contributed by atoms with van der Waals surface area (Å²) in [5, 5.41) is 23.5. The van der Waals surface area contributed by atoms with Crippen LogP contribution in [0.1, 0.15) is 49.3 Å². The Bertz CT molecular complexity index is 1540. The first-order valence-electron chi connectivity index (χ1n) is 16.5. The first kappa shape index (κ1) is 36.9. The zero-order valence-corrected chi connectivity index (χ0v) is 28.7. The van der Waals surface area contributed by atoms with Gasteiger partial charge in [0.2, 0.25) is 11.9 Å². The molecule has 1 saturated heterocycles. The average molecular weight is 684 g/mol. The molecule has 1 amide bonds. The maximum atomic E-state index is 12.6. The van der Waals surface area contributed by atoms with E-state index in [1.807, 2.05) is 12.3 Å². The van der Waals surface area contributed by atoms with Crippen molar-refractivity contribution in [2.45, 2.75) is 63.9 Å². The molecular formula is C33H49N9O5S. The summed E-state index contributed by atoms with van der Waals surface area (Å²) in [6.07, 6.45) is 5.03. The van der Waals surface area contributed by atoms with E-state index >= 15 is 0 Å². The van der Waals surface area contributed by atoms with E-state index in [2.05, 4.69) is 67.0 Å². The molecule has 3 heterocycles. The molecule has 0 bridgehead atoms. The Kier molecular flexibility index (Phi) is 13.8. The Morgan fingerprint density at radius 2 is 1.77 bits per heavy atom. The summed E-state index contributed by atoms with van der Waals surface area (Å²) >= 11 is 0.957. The number of nitrogens with one attached hydrogen (secondary N) is 2. The molecule has 0 unspecified atom stereocenters. The van der Waals surface area contributed by atoms with E-state index in [0.717, 1.165) is 87.1 Å². The highest BCUT2D eigenvalue weighted by molar-refractivity contribution is 8.00. The number of unbranched alkanes of at least 4 members (excludes halogenated alkanes) is 2. The number of aromatic nitrogens is 3. The minimum atomic E-state index is -1.19. The summed E-state index contributed by atoms with van der Waals surface area (Å²) < 4.78 is 2.18. The number of nitrogen functional groups attached to an aromatic ring is 1. The van der Waals surface area contributed by atoms with Gasteiger partial charge in [0.15, 0.2) is 5.82 Å². The molecule has 8 N–H and O–H groups in total. The predicted molar refractivity (Wildman–Crippen MR) is 189 cm³/mol. The summed E-state index contributed by atoms with van der Waals surface area (Å²) in [4.78, 5) is 48.5. The molecule has 3 aromatic rings. The Morgan fingerprint density at radius 3 is 2.46 bits per heavy atom. The van der Waals surface area contributed by atoms with Crippen molar-refractivity contribution < 1.29 is 24.6 Å². The number of aryl methyl sites for hydroxylation is 1. The van der Waals surface area contributed by atoms with Gasteiger partial charge in [-0.1, -0.05) is 38.0 Å². The zero-order valence-electron chi connectivity index (χ0n) is 27.9. The maximum Gasteiger partial charge on any atom is 0.321 e. The van der Waals surface area contributed by atoms with E-state index in [1.165, 1.54) is 16.7 Å². The second-order valence-electron chi connectivity index (χ2n) is 12.3. The third kappa shape index (κ3) is 10.8. The first-order chi connectivity index (χ1) is 23.0. The van der Waals surface area contributed by atoms with Gasteiger partial charge < -0.3 is 36.9 Å². The fourth-order valence-corrected chi connectivity index (χ4v) is 6.81. The van der Waals surface area contributed by atoms with Crippen LogP contribution >= 0.6 is 11.8 Å². The molecule has 0 radical (unpaired) electrons. The quantitative estimate of drug-likeness (QED) is 0.100. The number of nitrogens with two attached hydrogens (primary N) is 2. The summed E-state index contributed by atoms with van der Waals surface area (Å²) in [6.45, 7) is 11.3. The molecule has 2 atom stereocenters. The number of carboxylic acid groups (broad SMARTS) is 2. The molecule has 1 fully saturated rings. The van der Waals surface area contributed by atoms with Gasteiger partial charge in [-0.3, -0.25) is 24.2 Å². The molecule has 0 aliphatic carbocycles. The van der Waals surface area contributed by atoms with Crippen molar-refractivity contribution in [2.24, 2.45) is 5.73 Å². The van der Waals surface area contributed by atoms with Crippen molar-refractivity contribution in [3.05, 3.63) is 47.2 Å². The molecule has 4 rings (SSSR count). The van der Waals surface area contributed by atoms with Gasteiger partial charge in [0.05, 0.1) is 17.2 Å². The summed E-state index contributed by atoms with van der Waals surface area (Å²) in [5.41, 5.74) is 17.0. The van der Waals surface area contributed by atoms with Gasteiger partial charge >= 0.3 is 11.9 Å². The number of carbonyl (C=O) groups excluding carboxylic acids is 1. The summed E-state index contributed by atoms with van der Waals surface area (Å²) in [5.74, 6) is -1.73. The summed E-state index contributed by atoms with van der Waals surface area (Å²) in [7, 11) is 0. The van der Waals surface area contributed by atoms with Crippen LogP contribution < -0.4 is 22.1 Å². The van der Waals surface area contributed by atoms with Crippen LogP contribution in [-0.2, 0) is 27.5 Å². The second kappa shape index (κ2) is 18.0. The lowest BCUT2D eigenvalue weighted by molar-refractivity contribution is -0.138. The second-order valence-corrected chi connectivity index (χ2v) is 13.5. The number of rotatable bonds is 19. The van der Waals surface area contributed by atoms with Crippen molar-refractivity contribution in [3.8, 4) is 0 Å². The predicted octanol–water partition coefficient (Wildman–Crippen LogP) is 2.19. The fraction of sp³-hybridized carbons (Fsp3) is 0.545. The summed E-state index contributed by atoms with van der Waals surface area (Å²) in [6, 6.07) is 7.49. The number of fused-ring (bicyclic) bond motifs is 1. The van der Waals surface area contributed by atoms with E-state index < -0.39 is 35.6 Å². The third-order valence-corrected chi connectivity index (χ3v) is 9.83. The molecule has 0 spiro atoms. The SMILES string of the molecule is CCCCCNc1nc(N)nc2ccn(Cc3ccc(CN4CCN(CCNC(=O)[C@@H](CC(=O)O)SC[C@H](N)C(=O)O)CC4)cc3C)c12. The number of benzene rings is 1. The van der Waals surface area contributed by atoms with Crippen LogP contribution in [0.3, 0.4) is 0 Å². The van der Waals surface area contributed by atoms with Gasteiger partial charge in [-0.2, -0.15) is 4.98 Å². The van der Waals surface area contributed by atoms with E-state index in [9.17, 15) is 19.5 Å². The molecule has 2 aromatic heterocycles. The largest absolute Gasteiger partial charge is 0.481 e. The topological polar surface area (TPSA) is 205 Å². The van der Waals surface area contributed by atoms with Gasteiger partial charge in [0.1, 0.15) is 11.6 Å². The highest BCUT2D eigenvalue weighted by Crippen LogP contribution is 2.25. The number of piperazine rings is 1. The van der Waals surface area contributed by atoms with Crippen LogP contribution in [0, 0.1) is 6.92 Å². The third-order valence-electron chi connectivity index (χ3n) is 8.49. The Morgan fingerprint density at radius 1 is 1.02 bits per heavy atom. The van der Waals surface area contributed by atoms with Crippen LogP contribution in [0.5, 0.6) is 0 Å². The van der Waals surface area contributed by atoms with E-state index in [0.29, 0.717) is 19.6 Å². The van der Waals surface area contributed by atoms with Crippen molar-refractivity contribution in [2.75, 3.05) is 62.6 Å². The first-order valence-corrected chi connectivity index (χ1v) is 17.6. The molecular weight excluding hydrogens is 634 g/mol. The molecule has 262 valence electrons. The van der Waals surface area contributed by atoms with E-state index in [-0.39, 0.29) is 11.7 Å². The molecule has 0 saturated carbocycles. The lowest BCUT2D eigenvalue weighted by Gasteiger charge is -2.34. The molecule has 1 aliphatic rings. The van der Waals surface area contributed by atoms with Crippen molar-refractivity contribution in [1.29, 1.82) is 0 Å². The number of nitrogens with zero attached hydrogens (tertiary/aromatic N) is 5. The highest BCUT2D eigenvalue weighted by Gasteiger charge is 2.25. The molecule has 15 heteroatoms. The average Bonchev–Trinajstić information content (AvgIpc) is 3.45.